The van der Waals surface area contributed by atoms with E-state index in [4.69, 9.17) is 5.11 Å². The van der Waals surface area contributed by atoms with E-state index in [0.717, 1.165) is 17.0 Å². The van der Waals surface area contributed by atoms with Crippen molar-refractivity contribution in [3.05, 3.63) is 35.7 Å². The summed E-state index contributed by atoms with van der Waals surface area (Å²) < 4.78 is 13.1. The first kappa shape index (κ1) is 10.4. The zero-order valence-corrected chi connectivity index (χ0v) is 8.40. The smallest absolute Gasteiger partial charge is 0.261 e. The number of phenols is 1. The second-order valence-electron chi connectivity index (χ2n) is 3.44. The third-order valence-corrected chi connectivity index (χ3v) is 2.29. The van der Waals surface area contributed by atoms with Gasteiger partial charge in [-0.25, -0.2) is 9.29 Å². The van der Waals surface area contributed by atoms with Gasteiger partial charge >= 0.3 is 0 Å². The summed E-state index contributed by atoms with van der Waals surface area (Å²) in [5.74, 6) is -2.38. The van der Waals surface area contributed by atoms with Crippen molar-refractivity contribution in [2.75, 3.05) is 4.90 Å². The van der Waals surface area contributed by atoms with E-state index < -0.39 is 23.4 Å². The second kappa shape index (κ2) is 3.44. The van der Waals surface area contributed by atoms with Gasteiger partial charge in [0.2, 0.25) is 0 Å². The highest BCUT2D eigenvalue weighted by molar-refractivity contribution is 6.30. The van der Waals surface area contributed by atoms with E-state index >= 15 is 0 Å². The van der Waals surface area contributed by atoms with Crippen LogP contribution in [0.1, 0.15) is 6.92 Å². The molecule has 0 saturated heterocycles. The lowest BCUT2D eigenvalue weighted by Crippen LogP contribution is -2.30. The SMILES string of the molecule is CC1=CC(=O)N(c2ccc(O)c(F)c2)C1=O. The standard InChI is InChI=1S/C11H8FNO3/c1-6-4-10(15)13(11(6)16)7-2-3-9(14)8(12)5-7/h2-5,14H,1H3. The Morgan fingerprint density at radius 3 is 2.50 bits per heavy atom. The Kier molecular flexibility index (Phi) is 2.23. The Balaban J connectivity index is 2.43. The fourth-order valence-electron chi connectivity index (χ4n) is 1.47. The first-order valence-electron chi connectivity index (χ1n) is 4.56. The van der Waals surface area contributed by atoms with E-state index in [1.165, 1.54) is 19.1 Å². The number of aromatic hydroxyl groups is 1. The highest BCUT2D eigenvalue weighted by atomic mass is 19.1. The van der Waals surface area contributed by atoms with Crippen LogP contribution in [0.25, 0.3) is 0 Å². The van der Waals surface area contributed by atoms with Crippen LogP contribution in [0.5, 0.6) is 5.75 Å². The molecule has 1 N–H and O–H groups in total. The van der Waals surface area contributed by atoms with Crippen LogP contribution in [-0.2, 0) is 9.59 Å². The molecule has 0 atom stereocenters. The summed E-state index contributed by atoms with van der Waals surface area (Å²) in [5.41, 5.74) is 0.414. The quantitative estimate of drug-likeness (QED) is 0.728. The monoisotopic (exact) mass is 221 g/mol. The van der Waals surface area contributed by atoms with E-state index in [0.29, 0.717) is 5.57 Å². The fraction of sp³-hybridized carbons (Fsp3) is 0.0909. The lowest BCUT2D eigenvalue weighted by molar-refractivity contribution is -0.120. The van der Waals surface area contributed by atoms with Crippen molar-refractivity contribution in [2.45, 2.75) is 6.92 Å². The van der Waals surface area contributed by atoms with Crippen molar-refractivity contribution in [1.82, 2.24) is 0 Å². The molecule has 0 aliphatic carbocycles. The van der Waals surface area contributed by atoms with Crippen LogP contribution in [0.3, 0.4) is 0 Å². The van der Waals surface area contributed by atoms with E-state index in [2.05, 4.69) is 0 Å². The number of nitrogens with zero attached hydrogens (tertiary/aromatic N) is 1. The third-order valence-electron chi connectivity index (χ3n) is 2.29. The number of carbonyl (C=O) groups is 2. The number of hydrogen-bond donors (Lipinski definition) is 1. The van der Waals surface area contributed by atoms with Gasteiger partial charge in [-0.2, -0.15) is 0 Å². The molecule has 82 valence electrons. The molecule has 0 saturated carbocycles. The van der Waals surface area contributed by atoms with Crippen LogP contribution in [0, 0.1) is 5.82 Å². The largest absolute Gasteiger partial charge is 0.505 e. The van der Waals surface area contributed by atoms with Gasteiger partial charge in [0.1, 0.15) is 0 Å². The molecule has 0 fully saturated rings. The zero-order chi connectivity index (χ0) is 11.9. The van der Waals surface area contributed by atoms with E-state index in [1.807, 2.05) is 0 Å². The van der Waals surface area contributed by atoms with Gasteiger partial charge in [0.25, 0.3) is 11.8 Å². The van der Waals surface area contributed by atoms with Gasteiger partial charge in [-0.3, -0.25) is 9.59 Å². The normalized spacial score (nSPS) is 15.6. The lowest BCUT2D eigenvalue weighted by Gasteiger charge is -2.14. The molecule has 5 heteroatoms. The van der Waals surface area contributed by atoms with Crippen molar-refractivity contribution in [3.63, 3.8) is 0 Å². The molecule has 0 bridgehead atoms. The minimum Gasteiger partial charge on any atom is -0.505 e. The molecule has 1 aliphatic heterocycles. The van der Waals surface area contributed by atoms with Crippen LogP contribution < -0.4 is 4.90 Å². The predicted molar refractivity (Wildman–Crippen MR) is 54.3 cm³/mol. The minimum atomic E-state index is -0.873. The van der Waals surface area contributed by atoms with Gasteiger partial charge in [0.05, 0.1) is 5.69 Å². The molecular weight excluding hydrogens is 213 g/mol. The van der Waals surface area contributed by atoms with Gasteiger partial charge in [0, 0.05) is 17.7 Å². The molecule has 2 rings (SSSR count). The van der Waals surface area contributed by atoms with Crippen molar-refractivity contribution in [3.8, 4) is 5.75 Å². The second-order valence-corrected chi connectivity index (χ2v) is 3.44. The van der Waals surface area contributed by atoms with Gasteiger partial charge in [-0.1, -0.05) is 0 Å². The summed E-state index contributed by atoms with van der Waals surface area (Å²) in [6, 6.07) is 3.34. The number of hydrogen-bond acceptors (Lipinski definition) is 3. The topological polar surface area (TPSA) is 57.6 Å². The summed E-state index contributed by atoms with van der Waals surface area (Å²) in [5, 5.41) is 8.99. The number of benzene rings is 1. The maximum atomic E-state index is 13.1. The number of anilines is 1. The molecule has 0 spiro atoms. The number of rotatable bonds is 1. The van der Waals surface area contributed by atoms with E-state index in [1.54, 1.807) is 0 Å². The number of phenolic OH excluding ortho intramolecular Hbond substituents is 1. The maximum absolute atomic E-state index is 13.1. The van der Waals surface area contributed by atoms with Crippen LogP contribution in [0.15, 0.2) is 29.8 Å². The number of amides is 2. The Hall–Kier alpha value is -2.17. The Bertz CT molecular complexity index is 522. The van der Waals surface area contributed by atoms with Crippen LogP contribution in [-0.4, -0.2) is 16.9 Å². The summed E-state index contributed by atoms with van der Waals surface area (Å²) in [4.78, 5) is 23.9. The van der Waals surface area contributed by atoms with E-state index in [9.17, 15) is 14.0 Å². The summed E-state index contributed by atoms with van der Waals surface area (Å²) in [7, 11) is 0. The molecule has 1 aromatic rings. The third kappa shape index (κ3) is 1.46. The van der Waals surface area contributed by atoms with Gasteiger partial charge in [0.15, 0.2) is 11.6 Å². The van der Waals surface area contributed by atoms with Crippen molar-refractivity contribution < 1.29 is 19.1 Å². The molecule has 1 aromatic carbocycles. The van der Waals surface area contributed by atoms with Gasteiger partial charge in [-0.15, -0.1) is 0 Å². The molecule has 2 amide bonds. The van der Waals surface area contributed by atoms with Crippen LogP contribution in [0.4, 0.5) is 10.1 Å². The predicted octanol–water partition coefficient (Wildman–Crippen LogP) is 1.35. The van der Waals surface area contributed by atoms with Crippen molar-refractivity contribution in [2.24, 2.45) is 0 Å². The average Bonchev–Trinajstić information content (AvgIpc) is 2.47. The van der Waals surface area contributed by atoms with Crippen molar-refractivity contribution in [1.29, 1.82) is 0 Å². The maximum Gasteiger partial charge on any atom is 0.261 e. The zero-order valence-electron chi connectivity index (χ0n) is 8.40. The fourth-order valence-corrected chi connectivity index (χ4v) is 1.47. The highest BCUT2D eigenvalue weighted by Gasteiger charge is 2.30. The molecule has 0 radical (unpaired) electrons. The first-order valence-corrected chi connectivity index (χ1v) is 4.56. The van der Waals surface area contributed by atoms with Crippen LogP contribution >= 0.6 is 0 Å². The summed E-state index contributed by atoms with van der Waals surface area (Å²) in [6.45, 7) is 1.51. The average molecular weight is 221 g/mol. The Morgan fingerprint density at radius 2 is 2.00 bits per heavy atom. The summed E-state index contributed by atoms with van der Waals surface area (Å²) >= 11 is 0. The minimum absolute atomic E-state index is 0.110. The van der Waals surface area contributed by atoms with E-state index in [-0.39, 0.29) is 5.69 Å². The Morgan fingerprint density at radius 1 is 1.31 bits per heavy atom. The highest BCUT2D eigenvalue weighted by Crippen LogP contribution is 2.26. The number of carbonyl (C=O) groups excluding carboxylic acids is 2. The number of halogens is 1. The first-order chi connectivity index (χ1) is 7.50. The Labute approximate surface area is 90.6 Å². The molecule has 4 nitrogen and oxygen atoms in total. The molecule has 0 unspecified atom stereocenters. The molecule has 1 aliphatic rings. The molecular formula is C11H8FNO3. The number of imide groups is 1. The molecule has 1 heterocycles. The van der Waals surface area contributed by atoms with Gasteiger partial charge < -0.3 is 5.11 Å². The van der Waals surface area contributed by atoms with Gasteiger partial charge in [-0.05, 0) is 19.1 Å². The molecule has 0 aromatic heterocycles. The van der Waals surface area contributed by atoms with Crippen molar-refractivity contribution >= 4 is 17.5 Å². The van der Waals surface area contributed by atoms with Crippen LogP contribution in [0.2, 0.25) is 0 Å². The lowest BCUT2D eigenvalue weighted by atomic mass is 10.2. The molecule has 16 heavy (non-hydrogen) atoms. The summed E-state index contributed by atoms with van der Waals surface area (Å²) in [6.07, 6.45) is 1.19.